The normalized spacial score (nSPS) is 16.8. The highest BCUT2D eigenvalue weighted by Gasteiger charge is 2.35. The van der Waals surface area contributed by atoms with E-state index >= 15 is 0 Å². The van der Waals surface area contributed by atoms with Gasteiger partial charge < -0.3 is 9.84 Å². The van der Waals surface area contributed by atoms with Gasteiger partial charge in [-0.1, -0.05) is 17.7 Å². The Labute approximate surface area is 186 Å². The minimum atomic E-state index is -4.09. The van der Waals surface area contributed by atoms with Gasteiger partial charge in [0.15, 0.2) is 0 Å². The first-order valence-corrected chi connectivity index (χ1v) is 11.4. The fourth-order valence-electron chi connectivity index (χ4n) is 2.96. The number of imide groups is 1. The van der Waals surface area contributed by atoms with E-state index in [1.54, 1.807) is 20.8 Å². The van der Waals surface area contributed by atoms with Gasteiger partial charge in [-0.25, -0.2) is 22.9 Å². The molecular formula is C20H25ClN2O7S. The zero-order valence-corrected chi connectivity index (χ0v) is 19.2. The lowest BCUT2D eigenvalue weighted by atomic mass is 9.99. The van der Waals surface area contributed by atoms with Crippen molar-refractivity contribution < 1.29 is 32.6 Å². The maximum absolute atomic E-state index is 12.8. The molecule has 1 atom stereocenters. The van der Waals surface area contributed by atoms with Gasteiger partial charge in [0.1, 0.15) is 10.9 Å². The summed E-state index contributed by atoms with van der Waals surface area (Å²) < 4.78 is 33.0. The number of benzene rings is 1. The fraction of sp³-hybridized carbons (Fsp3) is 0.450. The highest BCUT2D eigenvalue weighted by Crippen LogP contribution is 2.30. The van der Waals surface area contributed by atoms with E-state index in [0.29, 0.717) is 12.8 Å². The molecule has 1 unspecified atom stereocenters. The minimum absolute atomic E-state index is 0.00606. The van der Waals surface area contributed by atoms with E-state index in [2.05, 4.69) is 4.72 Å². The average molecular weight is 473 g/mol. The number of anilines is 1. The molecule has 0 aliphatic heterocycles. The smallest absolute Gasteiger partial charge is 0.417 e. The third kappa shape index (κ3) is 6.20. The number of rotatable bonds is 5. The van der Waals surface area contributed by atoms with Crippen molar-refractivity contribution in [3.05, 3.63) is 40.4 Å². The van der Waals surface area contributed by atoms with Gasteiger partial charge in [0.05, 0.1) is 16.3 Å². The number of allylic oxidation sites excluding steroid dienone is 1. The van der Waals surface area contributed by atoms with E-state index in [1.165, 1.54) is 31.3 Å². The third-order valence-electron chi connectivity index (χ3n) is 4.44. The molecule has 0 bridgehead atoms. The van der Waals surface area contributed by atoms with E-state index in [0.717, 1.165) is 4.90 Å². The largest absolute Gasteiger partial charge is 0.478 e. The maximum atomic E-state index is 12.8. The SMILES string of the molecule is CN(C(=O)OC(C)(C)C)C(=O)c1ccc(NS(=O)(=O)C2CCCC=C2C(=O)O)c(Cl)c1. The van der Waals surface area contributed by atoms with E-state index in [9.17, 15) is 27.9 Å². The van der Waals surface area contributed by atoms with Gasteiger partial charge in [0, 0.05) is 12.6 Å². The average Bonchev–Trinajstić information content (AvgIpc) is 2.66. The number of hydrogen-bond acceptors (Lipinski definition) is 6. The van der Waals surface area contributed by atoms with Gasteiger partial charge in [-0.3, -0.25) is 9.52 Å². The fourth-order valence-corrected chi connectivity index (χ4v) is 4.88. The predicted molar refractivity (Wildman–Crippen MR) is 116 cm³/mol. The van der Waals surface area contributed by atoms with E-state index in [4.69, 9.17) is 16.3 Å². The number of hydrogen-bond donors (Lipinski definition) is 2. The molecule has 9 nitrogen and oxygen atoms in total. The van der Waals surface area contributed by atoms with Gasteiger partial charge >= 0.3 is 12.1 Å². The molecule has 2 N–H and O–H groups in total. The molecule has 0 fully saturated rings. The first-order chi connectivity index (χ1) is 14.2. The van der Waals surface area contributed by atoms with Crippen LogP contribution in [0.2, 0.25) is 5.02 Å². The lowest BCUT2D eigenvalue weighted by Crippen LogP contribution is -2.38. The summed E-state index contributed by atoms with van der Waals surface area (Å²) in [5.74, 6) is -1.97. The van der Waals surface area contributed by atoms with Crippen molar-refractivity contribution in [2.45, 2.75) is 50.9 Å². The summed E-state index contributed by atoms with van der Waals surface area (Å²) in [7, 11) is -2.84. The summed E-state index contributed by atoms with van der Waals surface area (Å²) in [6.07, 6.45) is 1.77. The molecule has 0 saturated heterocycles. The van der Waals surface area contributed by atoms with Crippen LogP contribution in [0.1, 0.15) is 50.4 Å². The Balaban J connectivity index is 2.22. The molecule has 170 valence electrons. The van der Waals surface area contributed by atoms with Gasteiger partial charge in [-0.2, -0.15) is 0 Å². The molecule has 0 saturated carbocycles. The van der Waals surface area contributed by atoms with Gasteiger partial charge in [0.25, 0.3) is 5.91 Å². The van der Waals surface area contributed by atoms with Crippen LogP contribution in [0, 0.1) is 0 Å². The van der Waals surface area contributed by atoms with E-state index in [1.807, 2.05) is 0 Å². The molecule has 1 aliphatic carbocycles. The first kappa shape index (κ1) is 24.7. The van der Waals surface area contributed by atoms with Crippen LogP contribution >= 0.6 is 11.6 Å². The second-order valence-electron chi connectivity index (χ2n) is 8.07. The summed E-state index contributed by atoms with van der Waals surface area (Å²) in [5, 5.41) is 8.00. The third-order valence-corrected chi connectivity index (χ3v) is 6.50. The van der Waals surface area contributed by atoms with E-state index in [-0.39, 0.29) is 28.3 Å². The lowest BCUT2D eigenvalue weighted by molar-refractivity contribution is -0.132. The number of nitrogens with one attached hydrogen (secondary N) is 1. The molecule has 31 heavy (non-hydrogen) atoms. The van der Waals surface area contributed by atoms with Crippen LogP contribution in [0.5, 0.6) is 0 Å². The van der Waals surface area contributed by atoms with Crippen LogP contribution in [-0.2, 0) is 19.6 Å². The predicted octanol–water partition coefficient (Wildman–Crippen LogP) is 3.65. The summed E-state index contributed by atoms with van der Waals surface area (Å²) in [5.41, 5.74) is -0.924. The Kier molecular flexibility index (Phi) is 7.38. The van der Waals surface area contributed by atoms with Crippen LogP contribution in [-0.4, -0.2) is 54.3 Å². The number of sulfonamides is 1. The minimum Gasteiger partial charge on any atom is -0.478 e. The highest BCUT2D eigenvalue weighted by atomic mass is 35.5. The number of carbonyl (C=O) groups is 3. The van der Waals surface area contributed by atoms with Crippen molar-refractivity contribution in [2.24, 2.45) is 0 Å². The van der Waals surface area contributed by atoms with Crippen LogP contribution in [0.15, 0.2) is 29.8 Å². The van der Waals surface area contributed by atoms with Crippen LogP contribution in [0.25, 0.3) is 0 Å². The summed E-state index contributed by atoms with van der Waals surface area (Å²) in [6, 6.07) is 3.81. The lowest BCUT2D eigenvalue weighted by Gasteiger charge is -2.24. The second-order valence-corrected chi connectivity index (χ2v) is 10.3. The zero-order valence-electron chi connectivity index (χ0n) is 17.6. The Hall–Kier alpha value is -2.59. The number of carboxylic acid groups (broad SMARTS) is 1. The topological polar surface area (TPSA) is 130 Å². The molecule has 0 heterocycles. The van der Waals surface area contributed by atoms with Crippen molar-refractivity contribution in [1.82, 2.24) is 4.90 Å². The van der Waals surface area contributed by atoms with Crippen molar-refractivity contribution in [3.63, 3.8) is 0 Å². The number of carbonyl (C=O) groups excluding carboxylic acids is 2. The Morgan fingerprint density at radius 2 is 1.90 bits per heavy atom. The number of carboxylic acids is 1. The van der Waals surface area contributed by atoms with Gasteiger partial charge in [-0.05, 0) is 58.2 Å². The molecule has 0 aromatic heterocycles. The van der Waals surface area contributed by atoms with Crippen LogP contribution in [0.3, 0.4) is 0 Å². The molecule has 2 amide bonds. The Bertz CT molecular complexity index is 1030. The molecule has 11 heteroatoms. The number of nitrogens with zero attached hydrogens (tertiary/aromatic N) is 1. The van der Waals surface area contributed by atoms with Crippen LogP contribution in [0.4, 0.5) is 10.5 Å². The molecule has 1 aromatic carbocycles. The highest BCUT2D eigenvalue weighted by molar-refractivity contribution is 7.93. The van der Waals surface area contributed by atoms with Crippen molar-refractivity contribution in [2.75, 3.05) is 11.8 Å². The summed E-state index contributed by atoms with van der Waals surface area (Å²) in [4.78, 5) is 36.8. The van der Waals surface area contributed by atoms with Crippen molar-refractivity contribution in [3.8, 4) is 0 Å². The van der Waals surface area contributed by atoms with Gasteiger partial charge in [-0.15, -0.1) is 0 Å². The Morgan fingerprint density at radius 1 is 1.26 bits per heavy atom. The van der Waals surface area contributed by atoms with Crippen molar-refractivity contribution >= 4 is 45.3 Å². The van der Waals surface area contributed by atoms with Crippen LogP contribution < -0.4 is 4.72 Å². The summed E-state index contributed by atoms with van der Waals surface area (Å²) >= 11 is 6.16. The standard InChI is InChI=1S/C20H25ClN2O7S/c1-20(2,3)30-19(27)23(4)17(24)12-9-10-15(14(21)11-12)22-31(28,29)16-8-6-5-7-13(16)18(25)26/h7,9-11,16,22H,5-6,8H2,1-4H3,(H,25,26). The Morgan fingerprint density at radius 3 is 2.45 bits per heavy atom. The van der Waals surface area contributed by atoms with E-state index < -0.39 is 38.8 Å². The van der Waals surface area contributed by atoms with Gasteiger partial charge in [0.2, 0.25) is 10.0 Å². The number of ether oxygens (including phenoxy) is 1. The molecule has 1 aliphatic rings. The zero-order chi connectivity index (χ0) is 23.6. The molecule has 1 aromatic rings. The second kappa shape index (κ2) is 9.27. The molecule has 2 rings (SSSR count). The van der Waals surface area contributed by atoms with Crippen molar-refractivity contribution in [1.29, 1.82) is 0 Å². The number of halogens is 1. The first-order valence-electron chi connectivity index (χ1n) is 9.48. The monoisotopic (exact) mass is 472 g/mol. The maximum Gasteiger partial charge on any atom is 0.417 e. The molecule has 0 spiro atoms. The molecule has 0 radical (unpaired) electrons. The quantitative estimate of drug-likeness (QED) is 0.668. The number of amides is 2. The number of aliphatic carboxylic acids is 1. The summed E-state index contributed by atoms with van der Waals surface area (Å²) in [6.45, 7) is 4.99. The molecular weight excluding hydrogens is 448 g/mol.